The minimum absolute atomic E-state index is 0.0897. The van der Waals surface area contributed by atoms with Gasteiger partial charge in [-0.3, -0.25) is 0 Å². The highest BCUT2D eigenvalue weighted by atomic mass is 79.9. The molecule has 1 N–H and O–H groups in total. The third-order valence-electron chi connectivity index (χ3n) is 2.47. The van der Waals surface area contributed by atoms with Crippen molar-refractivity contribution in [2.45, 2.75) is 6.54 Å². The molecule has 0 radical (unpaired) electrons. The number of halogens is 5. The number of hydrogen-bond acceptors (Lipinski definition) is 1. The molecule has 0 saturated carbocycles. The Morgan fingerprint density at radius 2 is 1.68 bits per heavy atom. The lowest BCUT2D eigenvalue weighted by molar-refractivity contribution is 0.582. The minimum Gasteiger partial charge on any atom is -0.378 e. The maximum atomic E-state index is 13.6. The molecule has 2 aromatic carbocycles. The number of nitrogens with one attached hydrogen (secondary N) is 1. The van der Waals surface area contributed by atoms with Crippen molar-refractivity contribution in [2.75, 3.05) is 5.32 Å². The van der Waals surface area contributed by atoms with E-state index in [-0.39, 0.29) is 16.7 Å². The van der Waals surface area contributed by atoms with Crippen LogP contribution in [0, 0.1) is 17.5 Å². The fraction of sp³-hybridized carbons (Fsp3) is 0.0769. The molecular weight excluding hydrogens is 387 g/mol. The highest BCUT2D eigenvalue weighted by molar-refractivity contribution is 9.10. The molecule has 0 amide bonds. The Morgan fingerprint density at radius 1 is 0.947 bits per heavy atom. The molecule has 2 aromatic rings. The Morgan fingerprint density at radius 3 is 2.37 bits per heavy atom. The Kier molecular flexibility index (Phi) is 4.52. The quantitative estimate of drug-likeness (QED) is 0.750. The second kappa shape index (κ2) is 5.96. The van der Waals surface area contributed by atoms with Crippen LogP contribution in [-0.2, 0) is 6.54 Å². The van der Waals surface area contributed by atoms with Gasteiger partial charge in [-0.1, -0.05) is 15.9 Å². The molecule has 0 aliphatic rings. The Labute approximate surface area is 125 Å². The fourth-order valence-corrected chi connectivity index (χ4v) is 2.53. The normalized spacial score (nSPS) is 10.6. The van der Waals surface area contributed by atoms with Crippen molar-refractivity contribution in [3.8, 4) is 0 Å². The van der Waals surface area contributed by atoms with Crippen LogP contribution in [0.5, 0.6) is 0 Å². The van der Waals surface area contributed by atoms with Crippen LogP contribution in [0.2, 0.25) is 0 Å². The van der Waals surface area contributed by atoms with E-state index in [9.17, 15) is 13.2 Å². The summed E-state index contributed by atoms with van der Waals surface area (Å²) in [5, 5.41) is 2.74. The molecule has 0 spiro atoms. The first-order valence-corrected chi connectivity index (χ1v) is 6.88. The molecular formula is C13H8Br2F3N. The van der Waals surface area contributed by atoms with E-state index in [0.717, 1.165) is 16.6 Å². The average Bonchev–Trinajstić information content (AvgIpc) is 2.32. The summed E-state index contributed by atoms with van der Waals surface area (Å²) in [5.41, 5.74) is 0.478. The molecule has 0 atom stereocenters. The van der Waals surface area contributed by atoms with Crippen molar-refractivity contribution in [1.82, 2.24) is 0 Å². The summed E-state index contributed by atoms with van der Waals surface area (Å²) >= 11 is 6.29. The molecule has 2 rings (SSSR count). The first kappa shape index (κ1) is 14.4. The van der Waals surface area contributed by atoms with Gasteiger partial charge in [0, 0.05) is 27.1 Å². The molecule has 1 nitrogen and oxygen atoms in total. The molecule has 100 valence electrons. The van der Waals surface area contributed by atoms with Gasteiger partial charge in [-0.05, 0) is 40.2 Å². The van der Waals surface area contributed by atoms with E-state index in [1.54, 1.807) is 12.1 Å². The van der Waals surface area contributed by atoms with Crippen molar-refractivity contribution in [1.29, 1.82) is 0 Å². The monoisotopic (exact) mass is 393 g/mol. The van der Waals surface area contributed by atoms with E-state index in [1.807, 2.05) is 0 Å². The van der Waals surface area contributed by atoms with Gasteiger partial charge in [0.1, 0.15) is 17.5 Å². The lowest BCUT2D eigenvalue weighted by atomic mass is 10.2. The summed E-state index contributed by atoms with van der Waals surface area (Å²) in [4.78, 5) is 0. The zero-order valence-corrected chi connectivity index (χ0v) is 12.7. The third-order valence-corrected chi connectivity index (χ3v) is 3.59. The van der Waals surface area contributed by atoms with Crippen molar-refractivity contribution in [3.05, 3.63) is 62.3 Å². The first-order chi connectivity index (χ1) is 8.97. The van der Waals surface area contributed by atoms with Gasteiger partial charge >= 0.3 is 0 Å². The Hall–Kier alpha value is -1.01. The van der Waals surface area contributed by atoms with Crippen LogP contribution < -0.4 is 5.32 Å². The smallest absolute Gasteiger partial charge is 0.150 e. The summed E-state index contributed by atoms with van der Waals surface area (Å²) < 4.78 is 41.0. The second-order valence-electron chi connectivity index (χ2n) is 3.83. The van der Waals surface area contributed by atoms with Gasteiger partial charge in [0.25, 0.3) is 0 Å². The molecule has 0 aromatic heterocycles. The second-order valence-corrected chi connectivity index (χ2v) is 5.60. The van der Waals surface area contributed by atoms with Crippen molar-refractivity contribution >= 4 is 37.5 Å². The highest BCUT2D eigenvalue weighted by Crippen LogP contribution is 2.27. The van der Waals surface area contributed by atoms with E-state index < -0.39 is 17.5 Å². The topological polar surface area (TPSA) is 12.0 Å². The van der Waals surface area contributed by atoms with Gasteiger partial charge in [0.2, 0.25) is 0 Å². The number of hydrogen-bond donors (Lipinski definition) is 1. The number of anilines is 1. The van der Waals surface area contributed by atoms with Crippen LogP contribution in [0.1, 0.15) is 5.56 Å². The van der Waals surface area contributed by atoms with Crippen molar-refractivity contribution in [2.24, 2.45) is 0 Å². The molecule has 0 unspecified atom stereocenters. The molecule has 0 heterocycles. The van der Waals surface area contributed by atoms with Gasteiger partial charge < -0.3 is 5.32 Å². The third kappa shape index (κ3) is 3.51. The van der Waals surface area contributed by atoms with Crippen LogP contribution in [0.15, 0.2) is 39.3 Å². The largest absolute Gasteiger partial charge is 0.378 e. The molecule has 0 aliphatic carbocycles. The number of benzene rings is 2. The van der Waals surface area contributed by atoms with Gasteiger partial charge in [-0.2, -0.15) is 0 Å². The van der Waals surface area contributed by atoms with Crippen molar-refractivity contribution in [3.63, 3.8) is 0 Å². The van der Waals surface area contributed by atoms with Gasteiger partial charge in [0.15, 0.2) is 0 Å². The molecule has 19 heavy (non-hydrogen) atoms. The van der Waals surface area contributed by atoms with E-state index in [0.29, 0.717) is 5.56 Å². The predicted octanol–water partition coefficient (Wildman–Crippen LogP) is 5.24. The molecule has 0 saturated heterocycles. The van der Waals surface area contributed by atoms with Crippen LogP contribution in [0.3, 0.4) is 0 Å². The molecule has 0 fully saturated rings. The average molecular weight is 395 g/mol. The van der Waals surface area contributed by atoms with E-state index in [4.69, 9.17) is 0 Å². The summed E-state index contributed by atoms with van der Waals surface area (Å²) in [6.07, 6.45) is 0. The summed E-state index contributed by atoms with van der Waals surface area (Å²) in [5.74, 6) is -1.81. The van der Waals surface area contributed by atoms with Crippen LogP contribution in [0.25, 0.3) is 0 Å². The van der Waals surface area contributed by atoms with Crippen molar-refractivity contribution < 1.29 is 13.2 Å². The van der Waals surface area contributed by atoms with Crippen LogP contribution >= 0.6 is 31.9 Å². The van der Waals surface area contributed by atoms with E-state index in [2.05, 4.69) is 37.2 Å². The van der Waals surface area contributed by atoms with Gasteiger partial charge in [-0.25, -0.2) is 13.2 Å². The van der Waals surface area contributed by atoms with E-state index in [1.165, 1.54) is 6.07 Å². The van der Waals surface area contributed by atoms with Gasteiger partial charge in [0.05, 0.1) is 5.69 Å². The van der Waals surface area contributed by atoms with E-state index >= 15 is 0 Å². The molecule has 6 heteroatoms. The standard InChI is InChI=1S/C13H8Br2F3N/c14-8-1-2-11(17)7(3-8)6-19-13-10(15)4-9(16)5-12(13)18/h1-5,19H,6H2. The lowest BCUT2D eigenvalue weighted by Gasteiger charge is -2.11. The molecule has 0 bridgehead atoms. The summed E-state index contributed by atoms with van der Waals surface area (Å²) in [6.45, 7) is 0.0897. The SMILES string of the molecule is Fc1cc(F)c(NCc2cc(Br)ccc2F)c(Br)c1. The zero-order chi connectivity index (χ0) is 14.0. The fourth-order valence-electron chi connectivity index (χ4n) is 1.57. The number of rotatable bonds is 3. The lowest BCUT2D eigenvalue weighted by Crippen LogP contribution is -2.04. The Bertz CT molecular complexity index is 594. The molecule has 0 aliphatic heterocycles. The minimum atomic E-state index is -0.734. The van der Waals surface area contributed by atoms with Crippen LogP contribution in [-0.4, -0.2) is 0 Å². The van der Waals surface area contributed by atoms with Gasteiger partial charge in [-0.15, -0.1) is 0 Å². The maximum absolute atomic E-state index is 13.6. The first-order valence-electron chi connectivity index (χ1n) is 5.29. The summed E-state index contributed by atoms with van der Waals surface area (Å²) in [6, 6.07) is 6.40. The Balaban J connectivity index is 2.21. The predicted molar refractivity (Wildman–Crippen MR) is 75.5 cm³/mol. The zero-order valence-electron chi connectivity index (χ0n) is 9.48. The summed E-state index contributed by atoms with van der Waals surface area (Å²) in [7, 11) is 0. The highest BCUT2D eigenvalue weighted by Gasteiger charge is 2.10. The maximum Gasteiger partial charge on any atom is 0.150 e. The van der Waals surface area contributed by atoms with Crippen LogP contribution in [0.4, 0.5) is 18.9 Å².